The van der Waals surface area contributed by atoms with Crippen LogP contribution in [0.1, 0.15) is 11.3 Å². The third kappa shape index (κ3) is 3.23. The first-order valence-electron chi connectivity index (χ1n) is 7.97. The van der Waals surface area contributed by atoms with Gasteiger partial charge in [0.2, 0.25) is 0 Å². The summed E-state index contributed by atoms with van der Waals surface area (Å²) in [6.07, 6.45) is 0. The molecule has 4 aromatic rings. The Morgan fingerprint density at radius 3 is 2.88 bits per heavy atom. The zero-order chi connectivity index (χ0) is 18.1. The second kappa shape index (κ2) is 6.72. The van der Waals surface area contributed by atoms with E-state index in [1.54, 1.807) is 24.3 Å². The van der Waals surface area contributed by atoms with Gasteiger partial charge >= 0.3 is 5.63 Å². The summed E-state index contributed by atoms with van der Waals surface area (Å²) in [7, 11) is 0. The monoisotopic (exact) mass is 367 g/mol. The number of hydrogen-bond donors (Lipinski definition) is 0. The topological polar surface area (TPSA) is 52.3 Å². The molecule has 0 radical (unpaired) electrons. The van der Waals surface area contributed by atoms with Crippen LogP contribution in [0.15, 0.2) is 63.1 Å². The van der Waals surface area contributed by atoms with Crippen molar-refractivity contribution in [1.82, 2.24) is 4.98 Å². The molecule has 0 unspecified atom stereocenters. The lowest BCUT2D eigenvalue weighted by atomic mass is 10.1. The molecule has 26 heavy (non-hydrogen) atoms. The Kier molecular flexibility index (Phi) is 4.26. The summed E-state index contributed by atoms with van der Waals surface area (Å²) in [5, 5.41) is 3.32. The van der Waals surface area contributed by atoms with Gasteiger partial charge in [0.1, 0.15) is 28.8 Å². The first kappa shape index (κ1) is 16.5. The van der Waals surface area contributed by atoms with Gasteiger partial charge in [-0.2, -0.15) is 0 Å². The highest BCUT2D eigenvalue weighted by molar-refractivity contribution is 7.13. The maximum absolute atomic E-state index is 13.8. The van der Waals surface area contributed by atoms with Crippen LogP contribution < -0.4 is 10.4 Å². The lowest BCUT2D eigenvalue weighted by Gasteiger charge is -2.06. The molecule has 0 aliphatic rings. The van der Waals surface area contributed by atoms with Crippen molar-refractivity contribution in [1.29, 1.82) is 0 Å². The van der Waals surface area contributed by atoms with E-state index in [1.807, 2.05) is 24.4 Å². The molecule has 0 fully saturated rings. The number of nitrogens with zero attached hydrogens (tertiary/aromatic N) is 1. The Morgan fingerprint density at radius 2 is 2.04 bits per heavy atom. The molecular formula is C20H14FNO3S. The second-order valence-electron chi connectivity index (χ2n) is 5.82. The number of halogens is 1. The van der Waals surface area contributed by atoms with Gasteiger partial charge in [0, 0.05) is 28.5 Å². The molecule has 4 rings (SSSR count). The van der Waals surface area contributed by atoms with Gasteiger partial charge in [0.15, 0.2) is 0 Å². The fourth-order valence-electron chi connectivity index (χ4n) is 2.68. The van der Waals surface area contributed by atoms with Gasteiger partial charge < -0.3 is 9.15 Å². The molecule has 0 N–H and O–H groups in total. The van der Waals surface area contributed by atoms with Gasteiger partial charge in [-0.3, -0.25) is 0 Å². The number of hydrogen-bond acceptors (Lipinski definition) is 5. The molecule has 2 aromatic heterocycles. The Hall–Kier alpha value is -2.99. The maximum atomic E-state index is 13.8. The van der Waals surface area contributed by atoms with Crippen molar-refractivity contribution in [3.05, 3.63) is 81.4 Å². The molecule has 0 bridgehead atoms. The molecule has 6 heteroatoms. The molecule has 130 valence electrons. The quantitative estimate of drug-likeness (QED) is 0.479. The number of ether oxygens (including phenoxy) is 1. The SMILES string of the molecule is Cc1cc(=O)oc2cc(OCc3csc(-c4ccccc4F)n3)ccc12. The third-order valence-electron chi connectivity index (χ3n) is 3.97. The Morgan fingerprint density at radius 1 is 1.19 bits per heavy atom. The molecule has 2 aromatic carbocycles. The van der Waals surface area contributed by atoms with Crippen molar-refractivity contribution in [2.24, 2.45) is 0 Å². The Labute approximate surface area is 152 Å². The fourth-order valence-corrected chi connectivity index (χ4v) is 3.51. The summed E-state index contributed by atoms with van der Waals surface area (Å²) in [6.45, 7) is 2.10. The van der Waals surface area contributed by atoms with Crippen molar-refractivity contribution in [3.63, 3.8) is 0 Å². The van der Waals surface area contributed by atoms with Crippen LogP contribution in [-0.4, -0.2) is 4.98 Å². The average molecular weight is 367 g/mol. The zero-order valence-corrected chi connectivity index (χ0v) is 14.7. The normalized spacial score (nSPS) is 11.0. The van der Waals surface area contributed by atoms with Crippen LogP contribution in [0.5, 0.6) is 5.75 Å². The molecule has 0 saturated carbocycles. The number of rotatable bonds is 4. The highest BCUT2D eigenvalue weighted by Crippen LogP contribution is 2.27. The molecule has 4 nitrogen and oxygen atoms in total. The standard InChI is InChI=1S/C20H14FNO3S/c1-12-8-19(23)25-18-9-14(6-7-15(12)18)24-10-13-11-26-20(22-13)16-4-2-3-5-17(16)21/h2-9,11H,10H2,1H3. The number of benzene rings is 2. The Bertz CT molecular complexity index is 1150. The van der Waals surface area contributed by atoms with Crippen molar-refractivity contribution in [3.8, 4) is 16.3 Å². The first-order chi connectivity index (χ1) is 12.6. The largest absolute Gasteiger partial charge is 0.487 e. The average Bonchev–Trinajstić information content (AvgIpc) is 3.08. The van der Waals surface area contributed by atoms with Crippen LogP contribution in [0.4, 0.5) is 4.39 Å². The summed E-state index contributed by atoms with van der Waals surface area (Å²) < 4.78 is 24.8. The van der Waals surface area contributed by atoms with E-state index in [0.29, 0.717) is 27.6 Å². The minimum Gasteiger partial charge on any atom is -0.487 e. The lowest BCUT2D eigenvalue weighted by Crippen LogP contribution is -1.99. The molecule has 0 aliphatic heterocycles. The fraction of sp³-hybridized carbons (Fsp3) is 0.100. The van der Waals surface area contributed by atoms with E-state index in [2.05, 4.69) is 4.98 Å². The number of thiazole rings is 1. The highest BCUT2D eigenvalue weighted by Gasteiger charge is 2.10. The summed E-state index contributed by atoms with van der Waals surface area (Å²) in [4.78, 5) is 15.9. The lowest BCUT2D eigenvalue weighted by molar-refractivity contribution is 0.302. The third-order valence-corrected chi connectivity index (χ3v) is 4.89. The molecule has 0 spiro atoms. The second-order valence-corrected chi connectivity index (χ2v) is 6.68. The van der Waals surface area contributed by atoms with Crippen LogP contribution in [-0.2, 0) is 6.61 Å². The van der Waals surface area contributed by atoms with E-state index < -0.39 is 0 Å². The van der Waals surface area contributed by atoms with Gasteiger partial charge in [-0.25, -0.2) is 14.2 Å². The molecule has 0 saturated heterocycles. The van der Waals surface area contributed by atoms with Crippen molar-refractivity contribution in [2.75, 3.05) is 0 Å². The van der Waals surface area contributed by atoms with Crippen molar-refractivity contribution in [2.45, 2.75) is 13.5 Å². The van der Waals surface area contributed by atoms with Gasteiger partial charge in [0.05, 0.1) is 5.69 Å². The van der Waals surface area contributed by atoms with Gasteiger partial charge in [-0.1, -0.05) is 12.1 Å². The van der Waals surface area contributed by atoms with Crippen LogP contribution in [0.2, 0.25) is 0 Å². The minimum atomic E-state index is -0.388. The van der Waals surface area contributed by atoms with Crippen molar-refractivity contribution >= 4 is 22.3 Å². The van der Waals surface area contributed by atoms with E-state index in [-0.39, 0.29) is 18.0 Å². The van der Waals surface area contributed by atoms with E-state index in [1.165, 1.54) is 23.5 Å². The number of fused-ring (bicyclic) bond motifs is 1. The van der Waals surface area contributed by atoms with Crippen LogP contribution in [0, 0.1) is 12.7 Å². The van der Waals surface area contributed by atoms with Gasteiger partial charge in [-0.05, 0) is 36.8 Å². The summed E-state index contributed by atoms with van der Waals surface area (Å²) >= 11 is 1.37. The predicted octanol–water partition coefficient (Wildman–Crippen LogP) is 4.94. The zero-order valence-electron chi connectivity index (χ0n) is 13.9. The van der Waals surface area contributed by atoms with Crippen LogP contribution >= 0.6 is 11.3 Å². The molecular weight excluding hydrogens is 353 g/mol. The van der Waals surface area contributed by atoms with E-state index in [0.717, 1.165) is 10.9 Å². The molecule has 0 aliphatic carbocycles. The highest BCUT2D eigenvalue weighted by atomic mass is 32.1. The smallest absolute Gasteiger partial charge is 0.336 e. The predicted molar refractivity (Wildman–Crippen MR) is 99.1 cm³/mol. The van der Waals surface area contributed by atoms with Gasteiger partial charge in [-0.15, -0.1) is 11.3 Å². The van der Waals surface area contributed by atoms with Gasteiger partial charge in [0.25, 0.3) is 0 Å². The molecule has 2 heterocycles. The van der Waals surface area contributed by atoms with Crippen molar-refractivity contribution < 1.29 is 13.5 Å². The number of aryl methyl sites for hydroxylation is 1. The van der Waals surface area contributed by atoms with E-state index in [9.17, 15) is 9.18 Å². The van der Waals surface area contributed by atoms with Crippen LogP contribution in [0.25, 0.3) is 21.5 Å². The maximum Gasteiger partial charge on any atom is 0.336 e. The van der Waals surface area contributed by atoms with E-state index >= 15 is 0 Å². The number of aromatic nitrogens is 1. The summed E-state index contributed by atoms with van der Waals surface area (Å²) in [5.41, 5.74) is 2.14. The Balaban J connectivity index is 1.54. The molecule has 0 atom stereocenters. The first-order valence-corrected chi connectivity index (χ1v) is 8.85. The minimum absolute atomic E-state index is 0.243. The molecule has 0 amide bonds. The summed E-state index contributed by atoms with van der Waals surface area (Å²) in [6, 6.07) is 13.4. The summed E-state index contributed by atoms with van der Waals surface area (Å²) in [5.74, 6) is 0.279. The van der Waals surface area contributed by atoms with Crippen LogP contribution in [0.3, 0.4) is 0 Å². The van der Waals surface area contributed by atoms with E-state index in [4.69, 9.17) is 9.15 Å².